The maximum atomic E-state index is 11.8. The molecule has 2 unspecified atom stereocenters. The van der Waals surface area contributed by atoms with Gasteiger partial charge < -0.3 is 14.7 Å². The van der Waals surface area contributed by atoms with Gasteiger partial charge in [-0.05, 0) is 25.7 Å². The molecule has 16 heavy (non-hydrogen) atoms. The molecule has 1 amide bonds. The number of likely N-dealkylation sites (tertiary alicyclic amines) is 1. The molecule has 0 saturated carbocycles. The van der Waals surface area contributed by atoms with E-state index in [1.54, 1.807) is 14.0 Å². The summed E-state index contributed by atoms with van der Waals surface area (Å²) in [5.41, 5.74) is 0. The van der Waals surface area contributed by atoms with Crippen LogP contribution in [0.5, 0.6) is 0 Å². The Morgan fingerprint density at radius 3 is 3.06 bits per heavy atom. The minimum atomic E-state index is -0.636. The molecule has 2 N–H and O–H groups in total. The van der Waals surface area contributed by atoms with E-state index in [9.17, 15) is 4.79 Å². The van der Waals surface area contributed by atoms with Crippen LogP contribution in [0, 0.1) is 5.92 Å². The van der Waals surface area contributed by atoms with Crippen molar-refractivity contribution in [1.82, 2.24) is 10.2 Å². The zero-order chi connectivity index (χ0) is 12.0. The van der Waals surface area contributed by atoms with Crippen LogP contribution in [0.25, 0.3) is 0 Å². The topological polar surface area (TPSA) is 61.8 Å². The molecule has 5 heteroatoms. The SMILES string of the molecule is COCC1CCCN(C(=O)CNC(C)O)C1. The van der Waals surface area contributed by atoms with Gasteiger partial charge in [-0.1, -0.05) is 0 Å². The second kappa shape index (κ2) is 6.83. The number of aliphatic hydroxyl groups excluding tert-OH is 1. The summed E-state index contributed by atoms with van der Waals surface area (Å²) < 4.78 is 5.11. The van der Waals surface area contributed by atoms with E-state index in [1.807, 2.05) is 4.90 Å². The smallest absolute Gasteiger partial charge is 0.236 e. The zero-order valence-corrected chi connectivity index (χ0v) is 10.1. The molecular weight excluding hydrogens is 208 g/mol. The molecule has 0 aromatic heterocycles. The largest absolute Gasteiger partial charge is 0.384 e. The van der Waals surface area contributed by atoms with Crippen LogP contribution in [-0.2, 0) is 9.53 Å². The van der Waals surface area contributed by atoms with E-state index in [2.05, 4.69) is 5.32 Å². The maximum Gasteiger partial charge on any atom is 0.236 e. The molecule has 1 heterocycles. The first-order valence-electron chi connectivity index (χ1n) is 5.81. The lowest BCUT2D eigenvalue weighted by molar-refractivity contribution is -0.133. The Kier molecular flexibility index (Phi) is 5.73. The third-order valence-electron chi connectivity index (χ3n) is 2.82. The molecule has 0 radical (unpaired) electrons. The van der Waals surface area contributed by atoms with Gasteiger partial charge in [0, 0.05) is 20.2 Å². The summed E-state index contributed by atoms with van der Waals surface area (Å²) in [6, 6.07) is 0. The molecule has 5 nitrogen and oxygen atoms in total. The molecule has 94 valence electrons. The van der Waals surface area contributed by atoms with Crippen molar-refractivity contribution in [2.75, 3.05) is 33.4 Å². The lowest BCUT2D eigenvalue weighted by atomic mass is 9.99. The number of carbonyl (C=O) groups excluding carboxylic acids is 1. The van der Waals surface area contributed by atoms with Crippen molar-refractivity contribution in [2.24, 2.45) is 5.92 Å². The maximum absolute atomic E-state index is 11.8. The Hall–Kier alpha value is -0.650. The predicted molar refractivity (Wildman–Crippen MR) is 60.9 cm³/mol. The number of rotatable bonds is 5. The van der Waals surface area contributed by atoms with Crippen molar-refractivity contribution < 1.29 is 14.6 Å². The van der Waals surface area contributed by atoms with Gasteiger partial charge in [0.25, 0.3) is 0 Å². The summed E-state index contributed by atoms with van der Waals surface area (Å²) in [7, 11) is 1.69. The van der Waals surface area contributed by atoms with E-state index < -0.39 is 6.23 Å². The first kappa shape index (κ1) is 13.4. The molecule has 0 spiro atoms. The molecule has 1 rings (SSSR count). The molecule has 2 atom stereocenters. The number of nitrogens with one attached hydrogen (secondary N) is 1. The average Bonchev–Trinajstić information content (AvgIpc) is 2.26. The quantitative estimate of drug-likeness (QED) is 0.642. The minimum Gasteiger partial charge on any atom is -0.384 e. The molecule has 1 saturated heterocycles. The van der Waals surface area contributed by atoms with Gasteiger partial charge in [-0.3, -0.25) is 10.1 Å². The van der Waals surface area contributed by atoms with Gasteiger partial charge in [-0.25, -0.2) is 0 Å². The molecule has 0 bridgehead atoms. The number of carbonyl (C=O) groups is 1. The summed E-state index contributed by atoms with van der Waals surface area (Å²) in [4.78, 5) is 13.6. The van der Waals surface area contributed by atoms with Gasteiger partial charge >= 0.3 is 0 Å². The van der Waals surface area contributed by atoms with Crippen molar-refractivity contribution in [3.63, 3.8) is 0 Å². The fourth-order valence-corrected chi connectivity index (χ4v) is 2.01. The highest BCUT2D eigenvalue weighted by molar-refractivity contribution is 5.78. The molecule has 0 aromatic rings. The second-order valence-corrected chi connectivity index (χ2v) is 4.36. The number of piperidine rings is 1. The molecule has 1 aliphatic heterocycles. The summed E-state index contributed by atoms with van der Waals surface area (Å²) in [6.45, 7) is 4.12. The van der Waals surface area contributed by atoms with Gasteiger partial charge in [0.2, 0.25) is 5.91 Å². The third kappa shape index (κ3) is 4.47. The van der Waals surface area contributed by atoms with E-state index in [4.69, 9.17) is 9.84 Å². The zero-order valence-electron chi connectivity index (χ0n) is 10.1. The second-order valence-electron chi connectivity index (χ2n) is 4.36. The number of nitrogens with zero attached hydrogens (tertiary/aromatic N) is 1. The van der Waals surface area contributed by atoms with Crippen LogP contribution in [0.15, 0.2) is 0 Å². The molecule has 1 aliphatic rings. The normalized spacial score (nSPS) is 23.2. The average molecular weight is 230 g/mol. The summed E-state index contributed by atoms with van der Waals surface area (Å²) >= 11 is 0. The van der Waals surface area contributed by atoms with Crippen molar-refractivity contribution in [3.05, 3.63) is 0 Å². The lowest BCUT2D eigenvalue weighted by Crippen LogP contribution is -2.46. The molecular formula is C11H22N2O3. The fraction of sp³-hybridized carbons (Fsp3) is 0.909. The Morgan fingerprint density at radius 1 is 1.69 bits per heavy atom. The summed E-state index contributed by atoms with van der Waals surface area (Å²) in [6.07, 6.45) is 1.53. The highest BCUT2D eigenvalue weighted by atomic mass is 16.5. The number of aliphatic hydroxyl groups is 1. The number of amides is 1. The monoisotopic (exact) mass is 230 g/mol. The van der Waals surface area contributed by atoms with Crippen LogP contribution in [0.4, 0.5) is 0 Å². The Bertz CT molecular complexity index is 219. The summed E-state index contributed by atoms with van der Waals surface area (Å²) in [5, 5.41) is 11.8. The van der Waals surface area contributed by atoms with Gasteiger partial charge in [-0.15, -0.1) is 0 Å². The van der Waals surface area contributed by atoms with Crippen LogP contribution in [0.2, 0.25) is 0 Å². The van der Waals surface area contributed by atoms with Gasteiger partial charge in [-0.2, -0.15) is 0 Å². The number of ether oxygens (including phenoxy) is 1. The van der Waals surface area contributed by atoms with E-state index in [0.717, 1.165) is 25.9 Å². The predicted octanol–water partition coefficient (Wildman–Crippen LogP) is -0.201. The van der Waals surface area contributed by atoms with Crippen molar-refractivity contribution in [2.45, 2.75) is 26.0 Å². The summed E-state index contributed by atoms with van der Waals surface area (Å²) in [5.74, 6) is 0.510. The molecule has 0 aromatic carbocycles. The molecule has 0 aliphatic carbocycles. The van der Waals surface area contributed by atoms with Crippen molar-refractivity contribution in [3.8, 4) is 0 Å². The number of hydrogen-bond donors (Lipinski definition) is 2. The Labute approximate surface area is 96.8 Å². The lowest BCUT2D eigenvalue weighted by Gasteiger charge is -2.32. The minimum absolute atomic E-state index is 0.0571. The first-order valence-corrected chi connectivity index (χ1v) is 5.81. The van der Waals surface area contributed by atoms with E-state index in [1.165, 1.54) is 0 Å². The van der Waals surface area contributed by atoms with Gasteiger partial charge in [0.15, 0.2) is 0 Å². The highest BCUT2D eigenvalue weighted by Crippen LogP contribution is 2.16. The van der Waals surface area contributed by atoms with Crippen LogP contribution in [-0.4, -0.2) is 55.5 Å². The Morgan fingerprint density at radius 2 is 2.44 bits per heavy atom. The number of hydrogen-bond acceptors (Lipinski definition) is 4. The van der Waals surface area contributed by atoms with Crippen molar-refractivity contribution >= 4 is 5.91 Å². The fourth-order valence-electron chi connectivity index (χ4n) is 2.01. The Balaban J connectivity index is 2.32. The van der Waals surface area contributed by atoms with Crippen LogP contribution < -0.4 is 5.32 Å². The third-order valence-corrected chi connectivity index (χ3v) is 2.82. The van der Waals surface area contributed by atoms with Crippen LogP contribution in [0.3, 0.4) is 0 Å². The standard InChI is InChI=1S/C11H22N2O3/c1-9(14)12-6-11(15)13-5-3-4-10(7-13)8-16-2/h9-10,12,14H,3-8H2,1-2H3. The van der Waals surface area contributed by atoms with Gasteiger partial charge in [0.1, 0.15) is 6.23 Å². The van der Waals surface area contributed by atoms with Crippen LogP contribution in [0.1, 0.15) is 19.8 Å². The van der Waals surface area contributed by atoms with E-state index in [0.29, 0.717) is 12.5 Å². The first-order chi connectivity index (χ1) is 7.63. The van der Waals surface area contributed by atoms with E-state index >= 15 is 0 Å². The highest BCUT2D eigenvalue weighted by Gasteiger charge is 2.23. The van der Waals surface area contributed by atoms with E-state index in [-0.39, 0.29) is 12.5 Å². The molecule has 1 fully saturated rings. The number of methoxy groups -OCH3 is 1. The van der Waals surface area contributed by atoms with Gasteiger partial charge in [0.05, 0.1) is 13.2 Å². The van der Waals surface area contributed by atoms with Crippen LogP contribution >= 0.6 is 0 Å². The van der Waals surface area contributed by atoms with Crippen molar-refractivity contribution in [1.29, 1.82) is 0 Å².